The van der Waals surface area contributed by atoms with Crippen molar-refractivity contribution in [2.45, 2.75) is 46.7 Å². The van der Waals surface area contributed by atoms with Crippen LogP contribution in [0.4, 0.5) is 14.5 Å². The minimum atomic E-state index is -2.80. The van der Waals surface area contributed by atoms with E-state index in [1.807, 2.05) is 13.8 Å². The fourth-order valence-electron chi connectivity index (χ4n) is 2.59. The normalized spacial score (nSPS) is 11.3. The van der Waals surface area contributed by atoms with Crippen LogP contribution in [0, 0.1) is 12.8 Å². The Labute approximate surface area is 149 Å². The predicted molar refractivity (Wildman–Crippen MR) is 92.4 cm³/mol. The summed E-state index contributed by atoms with van der Waals surface area (Å²) < 4.78 is 29.0. The molecule has 0 aliphatic heterocycles. The number of aromatic nitrogens is 3. The van der Waals surface area contributed by atoms with Crippen LogP contribution in [-0.2, 0) is 17.9 Å². The van der Waals surface area contributed by atoms with Crippen LogP contribution in [0.3, 0.4) is 0 Å². The number of nitrogens with one attached hydrogen (secondary N) is 1. The molecule has 0 aromatic carbocycles. The number of amides is 1. The predicted octanol–water partition coefficient (Wildman–Crippen LogP) is 2.68. The molecule has 2 rings (SSSR count). The van der Waals surface area contributed by atoms with E-state index < -0.39 is 23.6 Å². The molecule has 142 valence electrons. The molecule has 2 N–H and O–H groups in total. The second kappa shape index (κ2) is 8.11. The van der Waals surface area contributed by atoms with Gasteiger partial charge in [0.15, 0.2) is 5.69 Å². The van der Waals surface area contributed by atoms with Crippen molar-refractivity contribution in [3.05, 3.63) is 40.1 Å². The lowest BCUT2D eigenvalue weighted by atomic mass is 10.2. The van der Waals surface area contributed by atoms with Gasteiger partial charge in [-0.15, -0.1) is 0 Å². The van der Waals surface area contributed by atoms with Gasteiger partial charge in [0, 0.05) is 37.5 Å². The summed E-state index contributed by atoms with van der Waals surface area (Å²) in [5, 5.41) is 15.6. The van der Waals surface area contributed by atoms with Gasteiger partial charge in [0.05, 0.1) is 5.69 Å². The third-order valence-electron chi connectivity index (χ3n) is 3.71. The third kappa shape index (κ3) is 4.90. The Morgan fingerprint density at radius 2 is 2.04 bits per heavy atom. The second-order valence-corrected chi connectivity index (χ2v) is 6.49. The number of nitrogens with zero attached hydrogens (tertiary/aromatic N) is 3. The maximum Gasteiger partial charge on any atom is 0.284 e. The minimum Gasteiger partial charge on any atom is -0.508 e. The molecule has 2 aromatic rings. The molecule has 9 heteroatoms. The summed E-state index contributed by atoms with van der Waals surface area (Å²) in [4.78, 5) is 24.0. The Bertz CT molecular complexity index is 843. The first kappa shape index (κ1) is 19.6. The lowest BCUT2D eigenvalue weighted by Crippen LogP contribution is -2.24. The molecule has 0 spiro atoms. The molecule has 2 heterocycles. The number of anilines is 1. The molecule has 0 unspecified atom stereocenters. The average molecular weight is 368 g/mol. The van der Waals surface area contributed by atoms with E-state index >= 15 is 0 Å². The van der Waals surface area contributed by atoms with Crippen molar-refractivity contribution in [2.75, 3.05) is 5.32 Å². The lowest BCUT2D eigenvalue weighted by Gasteiger charge is -2.10. The van der Waals surface area contributed by atoms with Crippen LogP contribution in [-0.4, -0.2) is 25.4 Å². The number of aryl methyl sites for hydroxylation is 1. The summed E-state index contributed by atoms with van der Waals surface area (Å²) in [6.07, 6.45) is -1.50. The first-order valence-corrected chi connectivity index (χ1v) is 8.23. The molecule has 1 amide bonds. The van der Waals surface area contributed by atoms with Gasteiger partial charge in [-0.2, -0.15) is 5.10 Å². The molecule has 0 fully saturated rings. The molecule has 0 atom stereocenters. The topological polar surface area (TPSA) is 89.1 Å². The molecular weight excluding hydrogens is 346 g/mol. The average Bonchev–Trinajstić information content (AvgIpc) is 2.87. The van der Waals surface area contributed by atoms with Gasteiger partial charge in [0.2, 0.25) is 5.91 Å². The number of aromatic hydroxyl groups is 1. The van der Waals surface area contributed by atoms with Gasteiger partial charge < -0.3 is 15.0 Å². The zero-order chi connectivity index (χ0) is 19.4. The van der Waals surface area contributed by atoms with Gasteiger partial charge in [0.25, 0.3) is 12.0 Å². The molecule has 0 aliphatic rings. The van der Waals surface area contributed by atoms with Crippen molar-refractivity contribution in [1.29, 1.82) is 0 Å². The number of hydrogen-bond acceptors (Lipinski definition) is 4. The molecule has 7 nitrogen and oxygen atoms in total. The maximum absolute atomic E-state index is 13.1. The van der Waals surface area contributed by atoms with Crippen molar-refractivity contribution < 1.29 is 18.7 Å². The van der Waals surface area contributed by atoms with Gasteiger partial charge in [-0.3, -0.25) is 14.3 Å². The Hall–Kier alpha value is -2.71. The van der Waals surface area contributed by atoms with Crippen LogP contribution >= 0.6 is 0 Å². The van der Waals surface area contributed by atoms with E-state index in [1.165, 1.54) is 21.5 Å². The van der Waals surface area contributed by atoms with Crippen LogP contribution in [0.1, 0.15) is 38.1 Å². The molecule has 0 aliphatic carbocycles. The zero-order valence-electron chi connectivity index (χ0n) is 14.9. The Morgan fingerprint density at radius 3 is 2.62 bits per heavy atom. The summed E-state index contributed by atoms with van der Waals surface area (Å²) >= 11 is 0. The van der Waals surface area contributed by atoms with Gasteiger partial charge in [-0.1, -0.05) is 13.8 Å². The van der Waals surface area contributed by atoms with Crippen LogP contribution in [0.5, 0.6) is 5.75 Å². The standard InChI is InChI=1S/C17H22F2N4O3/c1-10(2)8-22-9-13(16(21-22)17(18)19)20-14(25)4-5-23-11(3)6-12(24)7-15(23)26/h6-7,9-10,17,24H,4-5,8H2,1-3H3,(H,20,25). The van der Waals surface area contributed by atoms with Gasteiger partial charge in [-0.05, 0) is 18.9 Å². The molecule has 0 saturated heterocycles. The number of rotatable bonds is 7. The Balaban J connectivity index is 2.08. The van der Waals surface area contributed by atoms with E-state index in [4.69, 9.17) is 0 Å². The third-order valence-corrected chi connectivity index (χ3v) is 3.71. The van der Waals surface area contributed by atoms with Crippen molar-refractivity contribution in [2.24, 2.45) is 5.92 Å². The number of carbonyl (C=O) groups is 1. The molecule has 0 radical (unpaired) electrons. The molecular formula is C17H22F2N4O3. The fourth-order valence-corrected chi connectivity index (χ4v) is 2.59. The van der Waals surface area contributed by atoms with Crippen LogP contribution < -0.4 is 10.9 Å². The van der Waals surface area contributed by atoms with Crippen LogP contribution in [0.15, 0.2) is 23.1 Å². The van der Waals surface area contributed by atoms with Crippen LogP contribution in [0.25, 0.3) is 0 Å². The van der Waals surface area contributed by atoms with Crippen molar-refractivity contribution in [1.82, 2.24) is 14.3 Å². The molecule has 0 bridgehead atoms. The van der Waals surface area contributed by atoms with E-state index in [0.717, 1.165) is 6.07 Å². The van der Waals surface area contributed by atoms with Gasteiger partial charge >= 0.3 is 0 Å². The lowest BCUT2D eigenvalue weighted by molar-refractivity contribution is -0.116. The van der Waals surface area contributed by atoms with E-state index in [-0.39, 0.29) is 30.3 Å². The highest BCUT2D eigenvalue weighted by atomic mass is 19.3. The summed E-state index contributed by atoms with van der Waals surface area (Å²) in [5.74, 6) is -0.434. The van der Waals surface area contributed by atoms with Gasteiger partial charge in [-0.25, -0.2) is 8.78 Å². The number of hydrogen-bond donors (Lipinski definition) is 2. The highest BCUT2D eigenvalue weighted by Crippen LogP contribution is 2.26. The second-order valence-electron chi connectivity index (χ2n) is 6.49. The summed E-state index contributed by atoms with van der Waals surface area (Å²) in [6.45, 7) is 6.02. The highest BCUT2D eigenvalue weighted by Gasteiger charge is 2.20. The van der Waals surface area contributed by atoms with E-state index in [2.05, 4.69) is 10.4 Å². The summed E-state index contributed by atoms with van der Waals surface area (Å²) in [5.41, 5.74) is -0.438. The maximum atomic E-state index is 13.1. The van der Waals surface area contributed by atoms with E-state index in [0.29, 0.717) is 12.2 Å². The summed E-state index contributed by atoms with van der Waals surface area (Å²) in [6, 6.07) is 2.46. The van der Waals surface area contributed by atoms with E-state index in [1.54, 1.807) is 6.92 Å². The monoisotopic (exact) mass is 368 g/mol. The smallest absolute Gasteiger partial charge is 0.284 e. The number of halogens is 2. The number of alkyl halides is 2. The highest BCUT2D eigenvalue weighted by molar-refractivity contribution is 5.91. The van der Waals surface area contributed by atoms with Crippen LogP contribution in [0.2, 0.25) is 0 Å². The largest absolute Gasteiger partial charge is 0.508 e. The van der Waals surface area contributed by atoms with Crippen molar-refractivity contribution in [3.63, 3.8) is 0 Å². The van der Waals surface area contributed by atoms with Crippen molar-refractivity contribution >= 4 is 11.6 Å². The zero-order valence-corrected chi connectivity index (χ0v) is 14.9. The summed E-state index contributed by atoms with van der Waals surface area (Å²) in [7, 11) is 0. The first-order chi connectivity index (χ1) is 12.2. The number of pyridine rings is 1. The minimum absolute atomic E-state index is 0.0274. The van der Waals surface area contributed by atoms with Crippen molar-refractivity contribution in [3.8, 4) is 5.75 Å². The molecule has 0 saturated carbocycles. The van der Waals surface area contributed by atoms with Gasteiger partial charge in [0.1, 0.15) is 5.75 Å². The number of carbonyl (C=O) groups excluding carboxylic acids is 1. The first-order valence-electron chi connectivity index (χ1n) is 8.23. The quantitative estimate of drug-likeness (QED) is 0.786. The Kier molecular flexibility index (Phi) is 6.12. The SMILES string of the molecule is Cc1cc(O)cc(=O)n1CCC(=O)Nc1cn(CC(C)C)nc1C(F)F. The molecule has 2 aromatic heterocycles. The molecule has 26 heavy (non-hydrogen) atoms. The van der Waals surface area contributed by atoms with E-state index in [9.17, 15) is 23.5 Å². The Morgan fingerprint density at radius 1 is 1.35 bits per heavy atom. The fraction of sp³-hybridized carbons (Fsp3) is 0.471.